The lowest BCUT2D eigenvalue weighted by atomic mass is 10.0. The van der Waals surface area contributed by atoms with Gasteiger partial charge in [-0.15, -0.1) is 5.10 Å². The Bertz CT molecular complexity index is 553. The Morgan fingerprint density at radius 2 is 1.95 bits per heavy atom. The van der Waals surface area contributed by atoms with Crippen LogP contribution in [0.3, 0.4) is 0 Å². The Kier molecular flexibility index (Phi) is 5.03. The van der Waals surface area contributed by atoms with Gasteiger partial charge in [-0.3, -0.25) is 4.79 Å². The quantitative estimate of drug-likeness (QED) is 0.876. The zero-order chi connectivity index (χ0) is 15.2. The molecule has 2 aromatic rings. The third-order valence-electron chi connectivity index (χ3n) is 3.63. The lowest BCUT2D eigenvalue weighted by Crippen LogP contribution is -2.41. The highest BCUT2D eigenvalue weighted by Crippen LogP contribution is 2.14. The molecule has 6 heteroatoms. The maximum Gasteiger partial charge on any atom is 0.245 e. The Morgan fingerprint density at radius 1 is 1.24 bits per heavy atom. The molecule has 2 atom stereocenters. The molecule has 6 nitrogen and oxygen atoms in total. The number of hydrogen-bond donors (Lipinski definition) is 1. The molecule has 1 amide bonds. The number of nitrogens with zero attached hydrogens (tertiary/aromatic N) is 4. The Hall–Kier alpha value is -2.24. The number of hydrogen-bond acceptors (Lipinski definition) is 4. The minimum Gasteiger partial charge on any atom is -0.352 e. The Labute approximate surface area is 124 Å². The van der Waals surface area contributed by atoms with Gasteiger partial charge in [-0.05, 0) is 28.8 Å². The number of amides is 1. The van der Waals surface area contributed by atoms with Crippen LogP contribution in [-0.4, -0.2) is 32.2 Å². The van der Waals surface area contributed by atoms with E-state index < -0.39 is 6.04 Å². The van der Waals surface area contributed by atoms with Gasteiger partial charge < -0.3 is 5.32 Å². The molecular formula is C15H21N5O. The summed E-state index contributed by atoms with van der Waals surface area (Å²) in [6.07, 6.45) is 2.04. The second-order valence-electron chi connectivity index (χ2n) is 5.54. The van der Waals surface area contributed by atoms with Crippen molar-refractivity contribution in [1.29, 1.82) is 0 Å². The van der Waals surface area contributed by atoms with Crippen molar-refractivity contribution in [3.8, 4) is 0 Å². The van der Waals surface area contributed by atoms with Crippen molar-refractivity contribution in [1.82, 2.24) is 25.5 Å². The summed E-state index contributed by atoms with van der Waals surface area (Å²) in [5.74, 6) is 0.313. The molecule has 0 spiro atoms. The van der Waals surface area contributed by atoms with Gasteiger partial charge in [0.15, 0.2) is 0 Å². The van der Waals surface area contributed by atoms with Gasteiger partial charge >= 0.3 is 0 Å². The number of nitrogens with one attached hydrogen (secondary N) is 1. The van der Waals surface area contributed by atoms with Crippen LogP contribution in [0.1, 0.15) is 32.4 Å². The van der Waals surface area contributed by atoms with Crippen LogP contribution in [0.2, 0.25) is 0 Å². The highest BCUT2D eigenvalue weighted by Gasteiger charge is 2.24. The maximum atomic E-state index is 12.5. The lowest BCUT2D eigenvalue weighted by molar-refractivity contribution is -0.125. The first-order chi connectivity index (χ1) is 10.1. The lowest BCUT2D eigenvalue weighted by Gasteiger charge is -2.22. The molecule has 1 aromatic heterocycles. The van der Waals surface area contributed by atoms with E-state index in [2.05, 4.69) is 34.7 Å². The number of rotatable bonds is 6. The standard InChI is InChI=1S/C15H21N5O/c1-11(2)12(3)17-15(21)14(20-10-16-18-19-20)9-13-7-5-4-6-8-13/h4-8,10-12,14H,9H2,1-3H3,(H,17,21). The molecular weight excluding hydrogens is 266 g/mol. The fourth-order valence-corrected chi connectivity index (χ4v) is 1.94. The van der Waals surface area contributed by atoms with Crippen molar-refractivity contribution in [2.45, 2.75) is 39.3 Å². The molecule has 0 saturated heterocycles. The van der Waals surface area contributed by atoms with E-state index in [0.29, 0.717) is 12.3 Å². The summed E-state index contributed by atoms with van der Waals surface area (Å²) < 4.78 is 1.51. The molecule has 1 N–H and O–H groups in total. The van der Waals surface area contributed by atoms with Gasteiger partial charge in [0.25, 0.3) is 0 Å². The third-order valence-corrected chi connectivity index (χ3v) is 3.63. The number of benzene rings is 1. The average Bonchev–Trinajstić information content (AvgIpc) is 2.99. The van der Waals surface area contributed by atoms with Gasteiger partial charge in [0.05, 0.1) is 0 Å². The van der Waals surface area contributed by atoms with Crippen molar-refractivity contribution in [2.24, 2.45) is 5.92 Å². The van der Waals surface area contributed by atoms with E-state index >= 15 is 0 Å². The zero-order valence-corrected chi connectivity index (χ0v) is 12.6. The van der Waals surface area contributed by atoms with Crippen LogP contribution in [0.4, 0.5) is 0 Å². The maximum absolute atomic E-state index is 12.5. The predicted molar refractivity (Wildman–Crippen MR) is 79.4 cm³/mol. The summed E-state index contributed by atoms with van der Waals surface area (Å²) in [7, 11) is 0. The van der Waals surface area contributed by atoms with Crippen LogP contribution in [-0.2, 0) is 11.2 Å². The van der Waals surface area contributed by atoms with E-state index in [1.54, 1.807) is 0 Å². The van der Waals surface area contributed by atoms with Crippen molar-refractivity contribution < 1.29 is 4.79 Å². The van der Waals surface area contributed by atoms with Crippen LogP contribution >= 0.6 is 0 Å². The molecule has 112 valence electrons. The molecule has 0 saturated carbocycles. The van der Waals surface area contributed by atoms with Gasteiger partial charge in [0.1, 0.15) is 12.4 Å². The fourth-order valence-electron chi connectivity index (χ4n) is 1.94. The monoisotopic (exact) mass is 287 g/mol. The van der Waals surface area contributed by atoms with Crippen LogP contribution < -0.4 is 5.32 Å². The molecule has 2 rings (SSSR count). The molecule has 0 aliphatic heterocycles. The van der Waals surface area contributed by atoms with Crippen molar-refractivity contribution in [3.05, 3.63) is 42.2 Å². The van der Waals surface area contributed by atoms with E-state index in [4.69, 9.17) is 0 Å². The summed E-state index contributed by atoms with van der Waals surface area (Å²) in [6, 6.07) is 9.53. The van der Waals surface area contributed by atoms with Crippen LogP contribution in [0, 0.1) is 5.92 Å². The molecule has 0 fully saturated rings. The molecule has 0 aliphatic rings. The van der Waals surface area contributed by atoms with Gasteiger partial charge in [-0.25, -0.2) is 4.68 Å². The minimum atomic E-state index is -0.441. The smallest absolute Gasteiger partial charge is 0.245 e. The Morgan fingerprint density at radius 3 is 2.52 bits per heavy atom. The fraction of sp³-hybridized carbons (Fsp3) is 0.467. The number of carbonyl (C=O) groups excluding carboxylic acids is 1. The van der Waals surface area contributed by atoms with Gasteiger partial charge in [0.2, 0.25) is 5.91 Å². The SMILES string of the molecule is CC(C)C(C)NC(=O)C(Cc1ccccc1)n1cnnn1. The summed E-state index contributed by atoms with van der Waals surface area (Å²) in [4.78, 5) is 12.5. The third kappa shape index (κ3) is 4.11. The summed E-state index contributed by atoms with van der Waals surface area (Å²) >= 11 is 0. The van der Waals surface area contributed by atoms with Crippen LogP contribution in [0.25, 0.3) is 0 Å². The molecule has 1 heterocycles. The summed E-state index contributed by atoms with van der Waals surface area (Å²) in [5, 5.41) is 14.2. The van der Waals surface area contributed by atoms with Crippen LogP contribution in [0.5, 0.6) is 0 Å². The second-order valence-corrected chi connectivity index (χ2v) is 5.54. The van der Waals surface area contributed by atoms with Crippen molar-refractivity contribution >= 4 is 5.91 Å². The molecule has 0 radical (unpaired) electrons. The van der Waals surface area contributed by atoms with Crippen molar-refractivity contribution in [3.63, 3.8) is 0 Å². The van der Waals surface area contributed by atoms with E-state index in [1.807, 2.05) is 37.3 Å². The first-order valence-corrected chi connectivity index (χ1v) is 7.14. The molecule has 0 aliphatic carbocycles. The normalized spacial score (nSPS) is 13.9. The highest BCUT2D eigenvalue weighted by atomic mass is 16.2. The van der Waals surface area contributed by atoms with E-state index in [9.17, 15) is 4.79 Å². The van der Waals surface area contributed by atoms with E-state index in [-0.39, 0.29) is 11.9 Å². The molecule has 0 bridgehead atoms. The molecule has 21 heavy (non-hydrogen) atoms. The average molecular weight is 287 g/mol. The molecule has 2 unspecified atom stereocenters. The predicted octanol–water partition coefficient (Wildman–Crippen LogP) is 1.62. The van der Waals surface area contributed by atoms with Gasteiger partial charge in [-0.1, -0.05) is 44.2 Å². The Balaban J connectivity index is 2.15. The number of carbonyl (C=O) groups is 1. The summed E-state index contributed by atoms with van der Waals surface area (Å²) in [6.45, 7) is 6.16. The first-order valence-electron chi connectivity index (χ1n) is 7.14. The first kappa shape index (κ1) is 15.2. The van der Waals surface area contributed by atoms with Crippen LogP contribution in [0.15, 0.2) is 36.7 Å². The minimum absolute atomic E-state index is 0.0626. The zero-order valence-electron chi connectivity index (χ0n) is 12.6. The van der Waals surface area contributed by atoms with Gasteiger partial charge in [-0.2, -0.15) is 0 Å². The number of aromatic nitrogens is 4. The molecule has 1 aromatic carbocycles. The largest absolute Gasteiger partial charge is 0.352 e. The van der Waals surface area contributed by atoms with Crippen molar-refractivity contribution in [2.75, 3.05) is 0 Å². The highest BCUT2D eigenvalue weighted by molar-refractivity contribution is 5.80. The van der Waals surface area contributed by atoms with Gasteiger partial charge in [0, 0.05) is 12.5 Å². The van der Waals surface area contributed by atoms with E-state index in [1.165, 1.54) is 11.0 Å². The topological polar surface area (TPSA) is 72.7 Å². The van der Waals surface area contributed by atoms with E-state index in [0.717, 1.165) is 5.56 Å². The summed E-state index contributed by atoms with van der Waals surface area (Å²) in [5.41, 5.74) is 1.07. The number of tetrazole rings is 1. The second kappa shape index (κ2) is 6.97.